The fourth-order valence-corrected chi connectivity index (χ4v) is 5.24. The molecule has 1 aliphatic heterocycles. The van der Waals surface area contributed by atoms with E-state index in [0.717, 1.165) is 12.8 Å². The van der Waals surface area contributed by atoms with E-state index in [1.165, 1.54) is 39.8 Å². The fourth-order valence-electron chi connectivity index (χ4n) is 5.24. The van der Waals surface area contributed by atoms with Crippen molar-refractivity contribution < 1.29 is 27.8 Å². The molecule has 2 atom stereocenters. The van der Waals surface area contributed by atoms with Gasteiger partial charge in [-0.3, -0.25) is 9.30 Å². The molecule has 37 heavy (non-hydrogen) atoms. The third kappa shape index (κ3) is 4.43. The molecule has 1 unspecified atom stereocenters. The first kappa shape index (κ1) is 25.8. The minimum atomic E-state index is -4.55. The Hall–Kier alpha value is -2.86. The zero-order valence-electron chi connectivity index (χ0n) is 19.5. The van der Waals surface area contributed by atoms with Gasteiger partial charge in [-0.2, -0.15) is 13.2 Å². The first-order valence-electron chi connectivity index (χ1n) is 11.7. The number of pyridine rings is 2. The second-order valence-corrected chi connectivity index (χ2v) is 9.76. The maximum atomic E-state index is 14.3. The summed E-state index contributed by atoms with van der Waals surface area (Å²) in [5.41, 5.74) is 1.33. The molecule has 2 N–H and O–H groups in total. The molecule has 6 rings (SSSR count). The molecule has 4 heterocycles. The number of alkyl halides is 3. The molecule has 0 bridgehead atoms. The van der Waals surface area contributed by atoms with Crippen LogP contribution in [0.1, 0.15) is 36.4 Å². The number of nitrogens with zero attached hydrogens (tertiary/aromatic N) is 5. The minimum absolute atomic E-state index is 0. The number of β-amino-alcohol motifs (C(OH)–C–C–N with tert-alkyl or cyclic N) is 1. The number of aromatic nitrogens is 4. The molecule has 12 heteroatoms. The topological polar surface area (TPSA) is 86.8 Å². The van der Waals surface area contributed by atoms with Gasteiger partial charge in [-0.05, 0) is 54.7 Å². The van der Waals surface area contributed by atoms with Gasteiger partial charge in [0.2, 0.25) is 0 Å². The lowest BCUT2D eigenvalue weighted by molar-refractivity contribution is -0.184. The van der Waals surface area contributed by atoms with Crippen molar-refractivity contribution in [2.24, 2.45) is 0 Å². The van der Waals surface area contributed by atoms with Gasteiger partial charge in [-0.25, -0.2) is 9.37 Å². The normalized spacial score (nSPS) is 20.3. The van der Waals surface area contributed by atoms with Crippen LogP contribution in [0.3, 0.4) is 0 Å². The first-order valence-corrected chi connectivity index (χ1v) is 11.7. The molecule has 3 aromatic heterocycles. The van der Waals surface area contributed by atoms with E-state index >= 15 is 0 Å². The predicted octanol–water partition coefficient (Wildman–Crippen LogP) is 4.20. The van der Waals surface area contributed by atoms with E-state index in [0.29, 0.717) is 27.8 Å². The number of hydrogen-bond acceptors (Lipinski definition) is 6. The van der Waals surface area contributed by atoms with Gasteiger partial charge in [0.25, 0.3) is 0 Å². The summed E-state index contributed by atoms with van der Waals surface area (Å²) in [6.07, 6.45) is -2.26. The highest BCUT2D eigenvalue weighted by molar-refractivity contribution is 5.86. The van der Waals surface area contributed by atoms with Crippen molar-refractivity contribution in [3.05, 3.63) is 59.5 Å². The van der Waals surface area contributed by atoms with Crippen LogP contribution in [0.25, 0.3) is 28.1 Å². The number of aliphatic hydroxyl groups is 2. The van der Waals surface area contributed by atoms with Gasteiger partial charge < -0.3 is 10.2 Å². The minimum Gasteiger partial charge on any atom is -0.395 e. The zero-order valence-corrected chi connectivity index (χ0v) is 20.3. The first-order chi connectivity index (χ1) is 17.2. The Balaban J connectivity index is 0.00000280. The van der Waals surface area contributed by atoms with Crippen molar-refractivity contribution in [1.29, 1.82) is 0 Å². The average Bonchev–Trinajstić information content (AvgIpc) is 3.35. The van der Waals surface area contributed by atoms with Gasteiger partial charge in [-0.15, -0.1) is 22.6 Å². The number of aliphatic hydroxyl groups excluding tert-OH is 2. The molecule has 0 amide bonds. The molecule has 1 saturated heterocycles. The largest absolute Gasteiger partial charge is 0.408 e. The van der Waals surface area contributed by atoms with Crippen molar-refractivity contribution in [2.75, 3.05) is 19.7 Å². The Morgan fingerprint density at radius 1 is 1.11 bits per heavy atom. The van der Waals surface area contributed by atoms with Crippen LogP contribution >= 0.6 is 12.4 Å². The lowest BCUT2D eigenvalue weighted by atomic mass is 9.94. The Bertz CT molecular complexity index is 1470. The summed E-state index contributed by atoms with van der Waals surface area (Å²) in [6.45, 7) is -0.0509. The molecule has 2 fully saturated rings. The molecule has 0 radical (unpaired) electrons. The Labute approximate surface area is 215 Å². The maximum Gasteiger partial charge on any atom is 0.408 e. The quantitative estimate of drug-likeness (QED) is 0.371. The molecule has 2 aliphatic rings. The van der Waals surface area contributed by atoms with E-state index in [-0.39, 0.29) is 49.9 Å². The average molecular weight is 538 g/mol. The number of benzene rings is 1. The van der Waals surface area contributed by atoms with Crippen LogP contribution in [0.5, 0.6) is 0 Å². The molecule has 196 valence electrons. The number of rotatable bonds is 5. The number of hydrogen-bond donors (Lipinski definition) is 2. The van der Waals surface area contributed by atoms with Crippen LogP contribution in [0, 0.1) is 5.82 Å². The third-order valence-electron chi connectivity index (χ3n) is 7.32. The lowest BCUT2D eigenvalue weighted by Gasteiger charge is -2.29. The second-order valence-electron chi connectivity index (χ2n) is 9.76. The van der Waals surface area contributed by atoms with E-state index in [2.05, 4.69) is 10.2 Å². The molecule has 4 aromatic rings. The Morgan fingerprint density at radius 2 is 1.89 bits per heavy atom. The molecule has 1 saturated carbocycles. The maximum absolute atomic E-state index is 14.3. The van der Waals surface area contributed by atoms with E-state index in [9.17, 15) is 27.8 Å². The third-order valence-corrected chi connectivity index (χ3v) is 7.32. The fraction of sp³-hybridized carbons (Fsp3) is 0.400. The Kier molecular flexibility index (Phi) is 6.38. The highest BCUT2D eigenvalue weighted by Gasteiger charge is 2.47. The van der Waals surface area contributed by atoms with Crippen LogP contribution in [0.15, 0.2) is 42.6 Å². The van der Waals surface area contributed by atoms with Gasteiger partial charge in [0.1, 0.15) is 17.6 Å². The van der Waals surface area contributed by atoms with Crippen molar-refractivity contribution in [2.45, 2.75) is 43.0 Å². The van der Waals surface area contributed by atoms with Gasteiger partial charge in [0, 0.05) is 30.1 Å². The van der Waals surface area contributed by atoms with Gasteiger partial charge in [0.05, 0.1) is 18.2 Å². The van der Waals surface area contributed by atoms with Gasteiger partial charge in [0.15, 0.2) is 11.5 Å². The molecule has 0 spiro atoms. The van der Waals surface area contributed by atoms with E-state index < -0.39 is 29.6 Å². The second kappa shape index (κ2) is 9.16. The van der Waals surface area contributed by atoms with Crippen LogP contribution < -0.4 is 0 Å². The number of halogens is 5. The summed E-state index contributed by atoms with van der Waals surface area (Å²) in [7, 11) is 0. The van der Waals surface area contributed by atoms with Crippen LogP contribution in [-0.2, 0) is 5.41 Å². The lowest BCUT2D eigenvalue weighted by Crippen LogP contribution is -2.37. The summed E-state index contributed by atoms with van der Waals surface area (Å²) in [5, 5.41) is 28.6. The SMILES string of the molecule is Cl.OCC1(c2cc(F)cc3ccc(-c4nnc5ccc([C@@H](N6CCC(O)C6)C(F)(F)F)cn45)nc23)CC1. The van der Waals surface area contributed by atoms with Crippen LogP contribution in [-0.4, -0.2) is 66.7 Å². The highest BCUT2D eigenvalue weighted by atomic mass is 35.5. The molecular weight excluding hydrogens is 514 g/mol. The Morgan fingerprint density at radius 3 is 2.54 bits per heavy atom. The van der Waals surface area contributed by atoms with E-state index in [1.807, 2.05) is 0 Å². The van der Waals surface area contributed by atoms with Crippen molar-refractivity contribution >= 4 is 29.0 Å². The summed E-state index contributed by atoms with van der Waals surface area (Å²) in [6, 6.07) is 7.04. The summed E-state index contributed by atoms with van der Waals surface area (Å²) in [5.74, 6) is -0.171. The molecule has 1 aromatic carbocycles. The molecule has 1 aliphatic carbocycles. The van der Waals surface area contributed by atoms with E-state index in [4.69, 9.17) is 4.98 Å². The standard InChI is InChI=1S/C25H23F4N5O2.ClH/c26-16-9-14-1-3-19(30-21(14)18(10-16)24(13-35)6-7-24)23-32-31-20-4-2-15(11-34(20)23)22(25(27,28)29)33-8-5-17(36)12-33;/h1-4,9-11,17,22,35-36H,5-8,12-13H2;1H/t17?,22-;/m1./s1. The van der Waals surface area contributed by atoms with E-state index in [1.54, 1.807) is 12.1 Å². The molecule has 7 nitrogen and oxygen atoms in total. The monoisotopic (exact) mass is 537 g/mol. The van der Waals surface area contributed by atoms with Crippen LogP contribution in [0.4, 0.5) is 17.6 Å². The van der Waals surface area contributed by atoms with Crippen molar-refractivity contribution in [1.82, 2.24) is 24.5 Å². The van der Waals surface area contributed by atoms with Crippen LogP contribution in [0.2, 0.25) is 0 Å². The summed E-state index contributed by atoms with van der Waals surface area (Å²) < 4.78 is 58.1. The zero-order chi connectivity index (χ0) is 25.2. The molecular formula is C25H24ClF4N5O2. The highest BCUT2D eigenvalue weighted by Crippen LogP contribution is 2.50. The van der Waals surface area contributed by atoms with Gasteiger partial charge >= 0.3 is 6.18 Å². The smallest absolute Gasteiger partial charge is 0.395 e. The number of fused-ring (bicyclic) bond motifs is 2. The van der Waals surface area contributed by atoms with Crippen molar-refractivity contribution in [3.8, 4) is 11.5 Å². The number of likely N-dealkylation sites (tertiary alicyclic amines) is 1. The van der Waals surface area contributed by atoms with Gasteiger partial charge in [-0.1, -0.05) is 12.1 Å². The summed E-state index contributed by atoms with van der Waals surface area (Å²) >= 11 is 0. The predicted molar refractivity (Wildman–Crippen MR) is 130 cm³/mol. The summed E-state index contributed by atoms with van der Waals surface area (Å²) in [4.78, 5) is 5.94. The van der Waals surface area contributed by atoms with Crippen molar-refractivity contribution in [3.63, 3.8) is 0 Å².